The standard InChI is InChI=1S/C20H27N5O2S.HI/c1-4-26-17-7-6-15(12-18(17)27-5-2)8-9-22-19(21-3)23-13-16-14-25-10-11-28-20(25)24-16;/h6-7,10-12,14H,4-5,8-9,13H2,1-3H3,(H2,21,22,23);1H. The third-order valence-electron chi connectivity index (χ3n) is 4.12. The monoisotopic (exact) mass is 529 g/mol. The van der Waals surface area contributed by atoms with Crippen LogP contribution >= 0.6 is 35.3 Å². The molecule has 0 fully saturated rings. The second-order valence-electron chi connectivity index (χ2n) is 6.07. The number of ether oxygens (including phenoxy) is 2. The summed E-state index contributed by atoms with van der Waals surface area (Å²) in [5.41, 5.74) is 2.17. The van der Waals surface area contributed by atoms with Crippen molar-refractivity contribution in [2.45, 2.75) is 26.8 Å². The second-order valence-corrected chi connectivity index (χ2v) is 6.95. The fraction of sp³-hybridized carbons (Fsp3) is 0.400. The maximum atomic E-state index is 5.70. The van der Waals surface area contributed by atoms with Gasteiger partial charge >= 0.3 is 0 Å². The molecule has 1 aromatic carbocycles. The van der Waals surface area contributed by atoms with Crippen LogP contribution in [0.3, 0.4) is 0 Å². The van der Waals surface area contributed by atoms with Crippen LogP contribution in [0.15, 0.2) is 41.0 Å². The Morgan fingerprint density at radius 3 is 2.69 bits per heavy atom. The van der Waals surface area contributed by atoms with Gasteiger partial charge < -0.3 is 20.1 Å². The van der Waals surface area contributed by atoms with Crippen LogP contribution < -0.4 is 20.1 Å². The van der Waals surface area contributed by atoms with E-state index in [9.17, 15) is 0 Å². The van der Waals surface area contributed by atoms with Crippen molar-refractivity contribution in [2.75, 3.05) is 26.8 Å². The molecule has 0 radical (unpaired) electrons. The third-order valence-corrected chi connectivity index (χ3v) is 4.89. The minimum atomic E-state index is 0. The molecule has 0 aliphatic carbocycles. The molecule has 7 nitrogen and oxygen atoms in total. The Morgan fingerprint density at radius 1 is 1.17 bits per heavy atom. The van der Waals surface area contributed by atoms with E-state index in [0.29, 0.717) is 19.8 Å². The summed E-state index contributed by atoms with van der Waals surface area (Å²) in [5, 5.41) is 8.67. The summed E-state index contributed by atoms with van der Waals surface area (Å²) in [7, 11) is 1.77. The molecule has 158 valence electrons. The van der Waals surface area contributed by atoms with Crippen molar-refractivity contribution >= 4 is 46.2 Å². The second kappa shape index (κ2) is 11.9. The first kappa shape index (κ1) is 23.3. The highest BCUT2D eigenvalue weighted by molar-refractivity contribution is 14.0. The van der Waals surface area contributed by atoms with Crippen molar-refractivity contribution in [1.82, 2.24) is 20.0 Å². The van der Waals surface area contributed by atoms with Gasteiger partial charge in [0.15, 0.2) is 22.4 Å². The summed E-state index contributed by atoms with van der Waals surface area (Å²) in [6.07, 6.45) is 4.89. The van der Waals surface area contributed by atoms with Crippen LogP contribution in [0, 0.1) is 0 Å². The number of fused-ring (bicyclic) bond motifs is 1. The van der Waals surface area contributed by atoms with Gasteiger partial charge in [-0.2, -0.15) is 0 Å². The number of thiazole rings is 1. The molecule has 29 heavy (non-hydrogen) atoms. The molecule has 2 N–H and O–H groups in total. The van der Waals surface area contributed by atoms with Gasteiger partial charge in [-0.15, -0.1) is 35.3 Å². The quantitative estimate of drug-likeness (QED) is 0.251. The van der Waals surface area contributed by atoms with Crippen LogP contribution in [-0.4, -0.2) is 42.2 Å². The Bertz CT molecular complexity index is 896. The fourth-order valence-corrected chi connectivity index (χ4v) is 3.55. The highest BCUT2D eigenvalue weighted by Gasteiger charge is 2.07. The Balaban J connectivity index is 0.00000300. The van der Waals surface area contributed by atoms with E-state index >= 15 is 0 Å². The first-order valence-electron chi connectivity index (χ1n) is 9.47. The van der Waals surface area contributed by atoms with E-state index in [2.05, 4.69) is 26.7 Å². The summed E-state index contributed by atoms with van der Waals surface area (Å²) in [6, 6.07) is 6.09. The van der Waals surface area contributed by atoms with Crippen molar-refractivity contribution in [3.05, 3.63) is 47.2 Å². The van der Waals surface area contributed by atoms with E-state index in [1.165, 1.54) is 5.56 Å². The maximum absolute atomic E-state index is 5.70. The van der Waals surface area contributed by atoms with E-state index < -0.39 is 0 Å². The summed E-state index contributed by atoms with van der Waals surface area (Å²) in [6.45, 7) is 6.58. The summed E-state index contributed by atoms with van der Waals surface area (Å²) >= 11 is 1.63. The molecule has 3 rings (SSSR count). The van der Waals surface area contributed by atoms with Gasteiger partial charge in [-0.05, 0) is 38.0 Å². The summed E-state index contributed by atoms with van der Waals surface area (Å²) in [5.74, 6) is 2.34. The van der Waals surface area contributed by atoms with Crippen LogP contribution in [0.4, 0.5) is 0 Å². The van der Waals surface area contributed by atoms with Gasteiger partial charge in [0, 0.05) is 31.4 Å². The molecular formula is C20H28IN5O2S. The lowest BCUT2D eigenvalue weighted by atomic mass is 10.1. The summed E-state index contributed by atoms with van der Waals surface area (Å²) < 4.78 is 13.3. The number of nitrogens with one attached hydrogen (secondary N) is 2. The Kier molecular flexibility index (Phi) is 9.52. The molecule has 0 saturated carbocycles. The van der Waals surface area contributed by atoms with E-state index in [-0.39, 0.29) is 24.0 Å². The molecule has 0 saturated heterocycles. The molecule has 0 amide bonds. The lowest BCUT2D eigenvalue weighted by molar-refractivity contribution is 0.287. The van der Waals surface area contributed by atoms with Crippen molar-refractivity contribution < 1.29 is 9.47 Å². The number of nitrogens with zero attached hydrogens (tertiary/aromatic N) is 3. The number of hydrogen-bond acceptors (Lipinski definition) is 5. The van der Waals surface area contributed by atoms with Crippen LogP contribution in [-0.2, 0) is 13.0 Å². The molecule has 0 bridgehead atoms. The molecular weight excluding hydrogens is 501 g/mol. The van der Waals surface area contributed by atoms with Gasteiger partial charge in [-0.3, -0.25) is 9.39 Å². The van der Waals surface area contributed by atoms with Gasteiger partial charge in [0.05, 0.1) is 25.5 Å². The van der Waals surface area contributed by atoms with Gasteiger partial charge in [0.2, 0.25) is 0 Å². The maximum Gasteiger partial charge on any atom is 0.193 e. The first-order valence-corrected chi connectivity index (χ1v) is 10.4. The normalized spacial score (nSPS) is 11.2. The Morgan fingerprint density at radius 2 is 1.97 bits per heavy atom. The minimum Gasteiger partial charge on any atom is -0.490 e. The number of imidazole rings is 1. The Hall–Kier alpha value is -2.01. The van der Waals surface area contributed by atoms with Gasteiger partial charge in [0.25, 0.3) is 0 Å². The van der Waals surface area contributed by atoms with Crippen LogP contribution in [0.2, 0.25) is 0 Å². The van der Waals surface area contributed by atoms with E-state index in [1.807, 2.05) is 48.2 Å². The first-order chi connectivity index (χ1) is 13.7. The van der Waals surface area contributed by atoms with Gasteiger partial charge in [-0.1, -0.05) is 6.07 Å². The predicted molar refractivity (Wildman–Crippen MR) is 129 cm³/mol. The molecule has 2 heterocycles. The molecule has 0 spiro atoms. The zero-order valence-electron chi connectivity index (χ0n) is 17.0. The zero-order valence-corrected chi connectivity index (χ0v) is 20.1. The Labute approximate surface area is 192 Å². The molecule has 2 aromatic heterocycles. The average Bonchev–Trinajstić information content (AvgIpc) is 3.28. The zero-order chi connectivity index (χ0) is 19.8. The average molecular weight is 529 g/mol. The van der Waals surface area contributed by atoms with Crippen LogP contribution in [0.1, 0.15) is 25.1 Å². The highest BCUT2D eigenvalue weighted by Crippen LogP contribution is 2.28. The number of aromatic nitrogens is 2. The van der Waals surface area contributed by atoms with Crippen molar-refractivity contribution in [3.8, 4) is 11.5 Å². The minimum absolute atomic E-state index is 0. The molecule has 3 aromatic rings. The number of aliphatic imine (C=N–C) groups is 1. The largest absolute Gasteiger partial charge is 0.490 e. The molecule has 0 unspecified atom stereocenters. The molecule has 0 aliphatic rings. The number of rotatable bonds is 9. The summed E-state index contributed by atoms with van der Waals surface area (Å²) in [4.78, 5) is 9.85. The van der Waals surface area contributed by atoms with Gasteiger partial charge in [0.1, 0.15) is 0 Å². The molecule has 0 atom stereocenters. The number of guanidine groups is 1. The molecule has 9 heteroatoms. The van der Waals surface area contributed by atoms with E-state index in [0.717, 1.165) is 41.1 Å². The predicted octanol–water partition coefficient (Wildman–Crippen LogP) is 3.72. The fourth-order valence-electron chi connectivity index (χ4n) is 2.83. The number of halogens is 1. The van der Waals surface area contributed by atoms with Crippen molar-refractivity contribution in [1.29, 1.82) is 0 Å². The third kappa shape index (κ3) is 6.49. The van der Waals surface area contributed by atoms with Crippen molar-refractivity contribution in [2.24, 2.45) is 4.99 Å². The number of hydrogen-bond donors (Lipinski definition) is 2. The lowest BCUT2D eigenvalue weighted by Gasteiger charge is -2.14. The van der Waals surface area contributed by atoms with Crippen LogP contribution in [0.25, 0.3) is 4.96 Å². The van der Waals surface area contributed by atoms with Crippen LogP contribution in [0.5, 0.6) is 11.5 Å². The molecule has 0 aliphatic heterocycles. The van der Waals surface area contributed by atoms with E-state index in [1.54, 1.807) is 18.4 Å². The highest BCUT2D eigenvalue weighted by atomic mass is 127. The van der Waals surface area contributed by atoms with E-state index in [4.69, 9.17) is 9.47 Å². The lowest BCUT2D eigenvalue weighted by Crippen LogP contribution is -2.37. The number of benzene rings is 1. The topological polar surface area (TPSA) is 72.2 Å². The van der Waals surface area contributed by atoms with Gasteiger partial charge in [-0.25, -0.2) is 4.98 Å². The van der Waals surface area contributed by atoms with Crippen molar-refractivity contribution in [3.63, 3.8) is 0 Å². The smallest absolute Gasteiger partial charge is 0.193 e. The SMILES string of the molecule is CCOc1ccc(CCNC(=NC)NCc2cn3ccsc3n2)cc1OCC.I.